The number of rotatable bonds is 11. The highest BCUT2D eigenvalue weighted by molar-refractivity contribution is 7.92. The van der Waals surface area contributed by atoms with Crippen LogP contribution in [0.1, 0.15) is 37.8 Å². The summed E-state index contributed by atoms with van der Waals surface area (Å²) in [6.07, 6.45) is 2.66. The molecule has 0 spiro atoms. The Kier molecular flexibility index (Phi) is 9.88. The molecule has 2 aromatic carbocycles. The zero-order valence-electron chi connectivity index (χ0n) is 19.8. The third-order valence-corrected chi connectivity index (χ3v) is 6.73. The van der Waals surface area contributed by atoms with Crippen molar-refractivity contribution in [2.24, 2.45) is 0 Å². The molecule has 0 aliphatic heterocycles. The maximum Gasteiger partial charge on any atom is 0.244 e. The molecular weight excluding hydrogens is 481 g/mol. The number of anilines is 1. The number of amides is 2. The lowest BCUT2D eigenvalue weighted by Gasteiger charge is -2.31. The van der Waals surface area contributed by atoms with Gasteiger partial charge in [-0.05, 0) is 44.0 Å². The molecule has 186 valence electrons. The molecule has 0 heterocycles. The molecule has 2 amide bonds. The van der Waals surface area contributed by atoms with Crippen LogP contribution >= 0.6 is 11.6 Å². The maximum absolute atomic E-state index is 13.6. The first-order valence-electron chi connectivity index (χ1n) is 11.0. The van der Waals surface area contributed by atoms with E-state index in [1.165, 1.54) is 11.0 Å². The average molecular weight is 512 g/mol. The number of benzene rings is 2. The smallest absolute Gasteiger partial charge is 0.244 e. The van der Waals surface area contributed by atoms with Crippen LogP contribution in [0, 0.1) is 12.7 Å². The van der Waals surface area contributed by atoms with E-state index in [1.807, 2.05) is 38.1 Å². The quantitative estimate of drug-likeness (QED) is 0.464. The van der Waals surface area contributed by atoms with E-state index in [4.69, 9.17) is 11.6 Å². The van der Waals surface area contributed by atoms with Crippen molar-refractivity contribution in [1.82, 2.24) is 10.2 Å². The van der Waals surface area contributed by atoms with E-state index in [1.54, 1.807) is 6.92 Å². The van der Waals surface area contributed by atoms with Crippen LogP contribution in [0.2, 0.25) is 5.02 Å². The summed E-state index contributed by atoms with van der Waals surface area (Å²) in [5.74, 6) is -1.61. The molecule has 2 aromatic rings. The van der Waals surface area contributed by atoms with Gasteiger partial charge < -0.3 is 10.2 Å². The van der Waals surface area contributed by atoms with Gasteiger partial charge in [-0.1, -0.05) is 54.8 Å². The Morgan fingerprint density at radius 1 is 1.18 bits per heavy atom. The Balaban J connectivity index is 2.37. The number of nitrogens with zero attached hydrogens (tertiary/aromatic N) is 2. The van der Waals surface area contributed by atoms with Gasteiger partial charge in [-0.2, -0.15) is 0 Å². The first-order chi connectivity index (χ1) is 15.9. The lowest BCUT2D eigenvalue weighted by atomic mass is 10.1. The van der Waals surface area contributed by atoms with E-state index in [9.17, 15) is 22.4 Å². The largest absolute Gasteiger partial charge is 0.354 e. The number of hydrogen-bond acceptors (Lipinski definition) is 4. The predicted octanol–water partition coefficient (Wildman–Crippen LogP) is 3.89. The SMILES string of the molecule is CCCCNC(=O)[C@H](C)N(Cc1cccc(C)c1)C(=O)CN(c1ccc(F)c(Cl)c1)S(C)(=O)=O. The molecule has 0 bridgehead atoms. The Hall–Kier alpha value is -2.65. The van der Waals surface area contributed by atoms with Crippen molar-refractivity contribution in [3.8, 4) is 0 Å². The summed E-state index contributed by atoms with van der Waals surface area (Å²) in [6, 6.07) is 10.1. The standard InChI is InChI=1S/C24H31ClFN3O4S/c1-5-6-12-27-24(31)18(3)28(15-19-9-7-8-17(2)13-19)23(30)16-29(34(4,32)33)20-10-11-22(26)21(25)14-20/h7-11,13-14,18H,5-6,12,15-16H2,1-4H3,(H,27,31)/t18-/m0/s1. The number of hydrogen-bond donors (Lipinski definition) is 1. The fourth-order valence-corrected chi connectivity index (χ4v) is 4.40. The number of nitrogens with one attached hydrogen (secondary N) is 1. The van der Waals surface area contributed by atoms with E-state index in [0.717, 1.165) is 46.7 Å². The number of carbonyl (C=O) groups is 2. The number of unbranched alkanes of at least 4 members (excludes halogenated alkanes) is 1. The molecule has 0 radical (unpaired) electrons. The highest BCUT2D eigenvalue weighted by Crippen LogP contribution is 2.25. The summed E-state index contributed by atoms with van der Waals surface area (Å²) in [7, 11) is -3.92. The van der Waals surface area contributed by atoms with E-state index < -0.39 is 34.3 Å². The number of sulfonamides is 1. The monoisotopic (exact) mass is 511 g/mol. The Bertz CT molecular complexity index is 1130. The molecule has 1 N–H and O–H groups in total. The van der Waals surface area contributed by atoms with E-state index >= 15 is 0 Å². The average Bonchev–Trinajstić information content (AvgIpc) is 2.76. The van der Waals surface area contributed by atoms with Crippen LogP contribution in [0.15, 0.2) is 42.5 Å². The zero-order valence-corrected chi connectivity index (χ0v) is 21.4. The Morgan fingerprint density at radius 3 is 2.47 bits per heavy atom. The summed E-state index contributed by atoms with van der Waals surface area (Å²) >= 11 is 5.84. The number of halogens is 2. The van der Waals surface area contributed by atoms with Crippen molar-refractivity contribution in [3.05, 3.63) is 64.4 Å². The summed E-state index contributed by atoms with van der Waals surface area (Å²) in [6.45, 7) is 5.55. The second kappa shape index (κ2) is 12.2. The van der Waals surface area contributed by atoms with E-state index in [-0.39, 0.29) is 23.2 Å². The van der Waals surface area contributed by atoms with Gasteiger partial charge in [0.1, 0.15) is 18.4 Å². The molecule has 0 aromatic heterocycles. The van der Waals surface area contributed by atoms with Gasteiger partial charge in [0.05, 0.1) is 17.0 Å². The molecule has 0 unspecified atom stereocenters. The van der Waals surface area contributed by atoms with Crippen LogP contribution in [0.3, 0.4) is 0 Å². The number of carbonyl (C=O) groups excluding carboxylic acids is 2. The van der Waals surface area contributed by atoms with Crippen LogP contribution in [0.25, 0.3) is 0 Å². The fourth-order valence-electron chi connectivity index (χ4n) is 3.38. The molecular formula is C24H31ClFN3O4S. The molecule has 0 saturated carbocycles. The van der Waals surface area contributed by atoms with Crippen molar-refractivity contribution in [1.29, 1.82) is 0 Å². The van der Waals surface area contributed by atoms with Gasteiger partial charge in [-0.15, -0.1) is 0 Å². The normalized spacial score (nSPS) is 12.2. The molecule has 2 rings (SSSR count). The minimum absolute atomic E-state index is 0.0535. The van der Waals surface area contributed by atoms with Crippen molar-refractivity contribution in [3.63, 3.8) is 0 Å². The van der Waals surface area contributed by atoms with Crippen molar-refractivity contribution in [2.45, 2.75) is 46.2 Å². The zero-order chi connectivity index (χ0) is 25.5. The van der Waals surface area contributed by atoms with Crippen molar-refractivity contribution in [2.75, 3.05) is 23.7 Å². The summed E-state index contributed by atoms with van der Waals surface area (Å²) in [5, 5.41) is 2.56. The summed E-state index contributed by atoms with van der Waals surface area (Å²) in [4.78, 5) is 27.5. The Morgan fingerprint density at radius 2 is 1.88 bits per heavy atom. The van der Waals surface area contributed by atoms with Gasteiger partial charge >= 0.3 is 0 Å². The third kappa shape index (κ3) is 7.70. The van der Waals surface area contributed by atoms with Crippen LogP contribution < -0.4 is 9.62 Å². The topological polar surface area (TPSA) is 86.8 Å². The molecule has 10 heteroatoms. The molecule has 0 fully saturated rings. The van der Waals surface area contributed by atoms with E-state index in [2.05, 4.69) is 5.32 Å². The number of aryl methyl sites for hydroxylation is 1. The maximum atomic E-state index is 13.6. The first-order valence-corrected chi connectivity index (χ1v) is 13.2. The molecule has 0 saturated heterocycles. The second-order valence-corrected chi connectivity index (χ2v) is 10.5. The van der Waals surface area contributed by atoms with Gasteiger partial charge in [0.15, 0.2) is 0 Å². The summed E-state index contributed by atoms with van der Waals surface area (Å²) < 4.78 is 39.5. The van der Waals surface area contributed by atoms with Crippen LogP contribution in [0.4, 0.5) is 10.1 Å². The lowest BCUT2D eigenvalue weighted by molar-refractivity contribution is -0.139. The molecule has 0 aliphatic rings. The molecule has 34 heavy (non-hydrogen) atoms. The van der Waals surface area contributed by atoms with Crippen molar-refractivity contribution >= 4 is 39.1 Å². The van der Waals surface area contributed by atoms with Crippen LogP contribution in [-0.2, 0) is 26.2 Å². The highest BCUT2D eigenvalue weighted by Gasteiger charge is 2.30. The van der Waals surface area contributed by atoms with E-state index in [0.29, 0.717) is 6.54 Å². The second-order valence-electron chi connectivity index (χ2n) is 8.20. The van der Waals surface area contributed by atoms with Gasteiger partial charge in [-0.25, -0.2) is 12.8 Å². The fraction of sp³-hybridized carbons (Fsp3) is 0.417. The van der Waals surface area contributed by atoms with Gasteiger partial charge in [0.2, 0.25) is 21.8 Å². The van der Waals surface area contributed by atoms with Crippen molar-refractivity contribution < 1.29 is 22.4 Å². The summed E-state index contributed by atoms with van der Waals surface area (Å²) in [5.41, 5.74) is 1.85. The minimum atomic E-state index is -3.92. The predicted molar refractivity (Wildman–Crippen MR) is 133 cm³/mol. The van der Waals surface area contributed by atoms with Gasteiger partial charge in [-0.3, -0.25) is 13.9 Å². The van der Waals surface area contributed by atoms with Crippen LogP contribution in [-0.4, -0.2) is 50.5 Å². The van der Waals surface area contributed by atoms with Gasteiger partial charge in [0, 0.05) is 13.1 Å². The molecule has 7 nitrogen and oxygen atoms in total. The molecule has 0 aliphatic carbocycles. The third-order valence-electron chi connectivity index (χ3n) is 5.30. The lowest BCUT2D eigenvalue weighted by Crippen LogP contribution is -2.51. The minimum Gasteiger partial charge on any atom is -0.354 e. The van der Waals surface area contributed by atoms with Crippen LogP contribution in [0.5, 0.6) is 0 Å². The molecule has 1 atom stereocenters. The van der Waals surface area contributed by atoms with Gasteiger partial charge in [0.25, 0.3) is 0 Å². The first kappa shape index (κ1) is 27.6. The Labute approximate surface area is 205 Å². The highest BCUT2D eigenvalue weighted by atomic mass is 35.5.